The van der Waals surface area contributed by atoms with Crippen molar-refractivity contribution in [3.8, 4) is 0 Å². The maximum Gasteiger partial charge on any atom is 0.0607 e. The van der Waals surface area contributed by atoms with E-state index in [1.54, 1.807) is 0 Å². The molecule has 1 fully saturated rings. The van der Waals surface area contributed by atoms with E-state index in [9.17, 15) is 5.11 Å². The number of rotatable bonds is 5. The summed E-state index contributed by atoms with van der Waals surface area (Å²) in [4.78, 5) is 0. The Morgan fingerprint density at radius 1 is 1.06 bits per heavy atom. The molecule has 0 aromatic rings. The monoisotopic (exact) mass is 228 g/mol. The normalized spacial score (nSPS) is 36.9. The first-order valence-electron chi connectivity index (χ1n) is 6.84. The largest absolute Gasteiger partial charge is 0.393 e. The van der Waals surface area contributed by atoms with Crippen LogP contribution < -0.4 is 0 Å². The lowest BCUT2D eigenvalue weighted by atomic mass is 9.80. The van der Waals surface area contributed by atoms with Crippen LogP contribution in [0, 0.1) is 17.8 Å². The van der Waals surface area contributed by atoms with E-state index >= 15 is 0 Å². The van der Waals surface area contributed by atoms with E-state index in [1.807, 2.05) is 0 Å². The lowest BCUT2D eigenvalue weighted by Gasteiger charge is -2.27. The molecule has 0 spiro atoms. The fourth-order valence-electron chi connectivity index (χ4n) is 3.08. The molecule has 2 heteroatoms. The van der Waals surface area contributed by atoms with Gasteiger partial charge < -0.3 is 9.84 Å². The summed E-state index contributed by atoms with van der Waals surface area (Å²) in [5, 5.41) is 10.4. The molecule has 16 heavy (non-hydrogen) atoms. The lowest BCUT2D eigenvalue weighted by Crippen LogP contribution is -2.32. The van der Waals surface area contributed by atoms with Crippen LogP contribution in [0.3, 0.4) is 0 Å². The van der Waals surface area contributed by atoms with Crippen LogP contribution in [0.5, 0.6) is 0 Å². The summed E-state index contributed by atoms with van der Waals surface area (Å²) in [5.41, 5.74) is 0. The van der Waals surface area contributed by atoms with E-state index in [0.717, 1.165) is 6.42 Å². The van der Waals surface area contributed by atoms with E-state index in [1.165, 1.54) is 12.8 Å². The fraction of sp³-hybridized carbons (Fsp3) is 1.00. The average Bonchev–Trinajstić information content (AvgIpc) is 2.49. The second-order valence-corrected chi connectivity index (χ2v) is 5.47. The molecule has 5 atom stereocenters. The van der Waals surface area contributed by atoms with Crippen molar-refractivity contribution in [2.75, 3.05) is 0 Å². The van der Waals surface area contributed by atoms with E-state index in [4.69, 9.17) is 4.74 Å². The SMILES string of the molecule is CCC(CC)CC(O)C1C(C)OC(C)C1C. The van der Waals surface area contributed by atoms with Gasteiger partial charge in [-0.05, 0) is 32.1 Å². The fourth-order valence-corrected chi connectivity index (χ4v) is 3.08. The molecule has 5 unspecified atom stereocenters. The first-order valence-corrected chi connectivity index (χ1v) is 6.84. The Hall–Kier alpha value is -0.0800. The molecule has 1 N–H and O–H groups in total. The van der Waals surface area contributed by atoms with Crippen molar-refractivity contribution < 1.29 is 9.84 Å². The van der Waals surface area contributed by atoms with Gasteiger partial charge in [-0.3, -0.25) is 0 Å². The van der Waals surface area contributed by atoms with Gasteiger partial charge in [0.05, 0.1) is 18.3 Å². The maximum absolute atomic E-state index is 10.4. The van der Waals surface area contributed by atoms with Gasteiger partial charge in [-0.2, -0.15) is 0 Å². The van der Waals surface area contributed by atoms with Crippen LogP contribution in [-0.4, -0.2) is 23.4 Å². The second-order valence-electron chi connectivity index (χ2n) is 5.47. The van der Waals surface area contributed by atoms with E-state index in [0.29, 0.717) is 17.8 Å². The summed E-state index contributed by atoms with van der Waals surface area (Å²) in [7, 11) is 0. The standard InChI is InChI=1S/C14H28O2/c1-6-12(7-2)8-13(15)14-9(3)10(4)16-11(14)5/h9-15H,6-8H2,1-5H3. The molecule has 1 aliphatic heterocycles. The molecule has 1 rings (SSSR count). The van der Waals surface area contributed by atoms with Crippen LogP contribution >= 0.6 is 0 Å². The van der Waals surface area contributed by atoms with Crippen molar-refractivity contribution in [3.63, 3.8) is 0 Å². The predicted molar refractivity (Wildman–Crippen MR) is 67.4 cm³/mol. The third-order valence-corrected chi connectivity index (χ3v) is 4.49. The summed E-state index contributed by atoms with van der Waals surface area (Å²) in [6.07, 6.45) is 3.56. The molecule has 0 aromatic carbocycles. The van der Waals surface area contributed by atoms with Gasteiger partial charge in [0.2, 0.25) is 0 Å². The molecule has 0 amide bonds. The minimum Gasteiger partial charge on any atom is -0.393 e. The Bertz CT molecular complexity index is 201. The Morgan fingerprint density at radius 2 is 1.62 bits per heavy atom. The van der Waals surface area contributed by atoms with Gasteiger partial charge in [0, 0.05) is 5.92 Å². The maximum atomic E-state index is 10.4. The second kappa shape index (κ2) is 6.02. The Labute approximate surface area is 100 Å². The molecule has 0 aliphatic carbocycles. The Kier molecular flexibility index (Phi) is 5.26. The highest BCUT2D eigenvalue weighted by molar-refractivity contribution is 4.88. The smallest absolute Gasteiger partial charge is 0.0607 e. The molecule has 1 aliphatic rings. The predicted octanol–water partition coefficient (Wildman–Crippen LogP) is 3.23. The van der Waals surface area contributed by atoms with Crippen molar-refractivity contribution in [1.82, 2.24) is 0 Å². The molecular weight excluding hydrogens is 200 g/mol. The summed E-state index contributed by atoms with van der Waals surface area (Å²) in [5.74, 6) is 1.44. The van der Waals surface area contributed by atoms with Crippen molar-refractivity contribution in [3.05, 3.63) is 0 Å². The van der Waals surface area contributed by atoms with Crippen molar-refractivity contribution in [2.24, 2.45) is 17.8 Å². The minimum atomic E-state index is -0.195. The molecule has 0 radical (unpaired) electrons. The Morgan fingerprint density at radius 3 is 2.00 bits per heavy atom. The van der Waals surface area contributed by atoms with Crippen molar-refractivity contribution in [2.45, 2.75) is 72.2 Å². The van der Waals surface area contributed by atoms with Gasteiger partial charge in [0.15, 0.2) is 0 Å². The molecule has 1 saturated heterocycles. The highest BCUT2D eigenvalue weighted by atomic mass is 16.5. The molecule has 0 aromatic heterocycles. The van der Waals surface area contributed by atoms with E-state index in [2.05, 4.69) is 34.6 Å². The average molecular weight is 228 g/mol. The first kappa shape index (κ1) is 14.0. The van der Waals surface area contributed by atoms with Crippen LogP contribution in [0.15, 0.2) is 0 Å². The van der Waals surface area contributed by atoms with Crippen LogP contribution in [0.25, 0.3) is 0 Å². The van der Waals surface area contributed by atoms with Gasteiger partial charge >= 0.3 is 0 Å². The summed E-state index contributed by atoms with van der Waals surface area (Å²) in [6.45, 7) is 10.8. The van der Waals surface area contributed by atoms with E-state index in [-0.39, 0.29) is 18.3 Å². The molecule has 2 nitrogen and oxygen atoms in total. The van der Waals surface area contributed by atoms with E-state index < -0.39 is 0 Å². The zero-order chi connectivity index (χ0) is 12.3. The summed E-state index contributed by atoms with van der Waals surface area (Å²) in [6, 6.07) is 0. The first-order chi connectivity index (χ1) is 7.51. The molecule has 0 bridgehead atoms. The zero-order valence-corrected chi connectivity index (χ0v) is 11.4. The van der Waals surface area contributed by atoms with Gasteiger partial charge in [-0.15, -0.1) is 0 Å². The van der Waals surface area contributed by atoms with Crippen molar-refractivity contribution >= 4 is 0 Å². The highest BCUT2D eigenvalue weighted by Gasteiger charge is 2.41. The van der Waals surface area contributed by atoms with Crippen LogP contribution in [0.1, 0.15) is 53.9 Å². The third-order valence-electron chi connectivity index (χ3n) is 4.49. The molecular formula is C14H28O2. The number of hydrogen-bond donors (Lipinski definition) is 1. The topological polar surface area (TPSA) is 29.5 Å². The molecule has 0 saturated carbocycles. The van der Waals surface area contributed by atoms with Gasteiger partial charge in [0.25, 0.3) is 0 Å². The molecule has 1 heterocycles. The highest BCUT2D eigenvalue weighted by Crippen LogP contribution is 2.36. The summed E-state index contributed by atoms with van der Waals surface area (Å²) >= 11 is 0. The van der Waals surface area contributed by atoms with Crippen LogP contribution in [0.2, 0.25) is 0 Å². The lowest BCUT2D eigenvalue weighted by molar-refractivity contribution is 0.0147. The number of ether oxygens (including phenoxy) is 1. The van der Waals surface area contributed by atoms with Gasteiger partial charge in [0.1, 0.15) is 0 Å². The van der Waals surface area contributed by atoms with Crippen molar-refractivity contribution in [1.29, 1.82) is 0 Å². The number of aliphatic hydroxyl groups is 1. The van der Waals surface area contributed by atoms with Crippen LogP contribution in [-0.2, 0) is 4.74 Å². The number of aliphatic hydroxyl groups excluding tert-OH is 1. The zero-order valence-electron chi connectivity index (χ0n) is 11.4. The van der Waals surface area contributed by atoms with Gasteiger partial charge in [-0.1, -0.05) is 33.6 Å². The molecule has 96 valence electrons. The third kappa shape index (κ3) is 2.98. The van der Waals surface area contributed by atoms with Crippen LogP contribution in [0.4, 0.5) is 0 Å². The summed E-state index contributed by atoms with van der Waals surface area (Å²) < 4.78 is 5.80. The quantitative estimate of drug-likeness (QED) is 0.783. The minimum absolute atomic E-state index is 0.195. The van der Waals surface area contributed by atoms with Gasteiger partial charge in [-0.25, -0.2) is 0 Å². The Balaban J connectivity index is 2.55. The number of hydrogen-bond acceptors (Lipinski definition) is 2.